The topological polar surface area (TPSA) is 51.0 Å². The molecular formula is C22H32N4OS. The second-order valence-electron chi connectivity index (χ2n) is 9.41. The molecule has 28 heavy (non-hydrogen) atoms. The van der Waals surface area contributed by atoms with Crippen LogP contribution in [-0.2, 0) is 18.5 Å². The summed E-state index contributed by atoms with van der Waals surface area (Å²) in [7, 11) is 0. The lowest BCUT2D eigenvalue weighted by molar-refractivity contribution is 0.213. The highest BCUT2D eigenvalue weighted by Crippen LogP contribution is 2.36. The van der Waals surface area contributed by atoms with Crippen LogP contribution in [0.4, 0.5) is 0 Å². The SMILES string of the molecule is CC(C)(C)c1ccc(=O)n(CC2CCCN2Cc2csc(C3CCCC3)n2)n1. The van der Waals surface area contributed by atoms with Gasteiger partial charge in [0.1, 0.15) is 0 Å². The maximum atomic E-state index is 12.4. The van der Waals surface area contributed by atoms with Crippen LogP contribution in [0.3, 0.4) is 0 Å². The van der Waals surface area contributed by atoms with Crippen LogP contribution in [0.25, 0.3) is 0 Å². The summed E-state index contributed by atoms with van der Waals surface area (Å²) in [5.74, 6) is 0.691. The first kappa shape index (κ1) is 19.8. The van der Waals surface area contributed by atoms with E-state index in [9.17, 15) is 4.79 Å². The van der Waals surface area contributed by atoms with Gasteiger partial charge in [0.05, 0.1) is 22.9 Å². The summed E-state index contributed by atoms with van der Waals surface area (Å²) in [5.41, 5.74) is 2.11. The third-order valence-electron chi connectivity index (χ3n) is 6.16. The van der Waals surface area contributed by atoms with E-state index in [-0.39, 0.29) is 11.0 Å². The van der Waals surface area contributed by atoms with Crippen molar-refractivity contribution in [3.63, 3.8) is 0 Å². The van der Waals surface area contributed by atoms with E-state index in [0.29, 0.717) is 18.5 Å². The summed E-state index contributed by atoms with van der Waals surface area (Å²) in [6.07, 6.45) is 7.60. The van der Waals surface area contributed by atoms with Crippen molar-refractivity contribution in [2.45, 2.75) is 89.8 Å². The number of hydrogen-bond acceptors (Lipinski definition) is 5. The number of nitrogens with zero attached hydrogens (tertiary/aromatic N) is 4. The second kappa shape index (κ2) is 8.07. The predicted octanol–water partition coefficient (Wildman–Crippen LogP) is 4.32. The van der Waals surface area contributed by atoms with Gasteiger partial charge in [0.2, 0.25) is 0 Å². The van der Waals surface area contributed by atoms with Crippen molar-refractivity contribution in [1.29, 1.82) is 0 Å². The van der Waals surface area contributed by atoms with Crippen molar-refractivity contribution < 1.29 is 0 Å². The summed E-state index contributed by atoms with van der Waals surface area (Å²) in [4.78, 5) is 19.8. The average molecular weight is 401 g/mol. The van der Waals surface area contributed by atoms with Gasteiger partial charge in [-0.1, -0.05) is 33.6 Å². The zero-order valence-corrected chi connectivity index (χ0v) is 18.2. The normalized spacial score (nSPS) is 21.6. The van der Waals surface area contributed by atoms with Crippen molar-refractivity contribution in [2.75, 3.05) is 6.54 Å². The molecule has 0 N–H and O–H groups in total. The summed E-state index contributed by atoms with van der Waals surface area (Å²) in [5, 5.41) is 8.25. The minimum Gasteiger partial charge on any atom is -0.293 e. The third-order valence-corrected chi connectivity index (χ3v) is 7.21. The van der Waals surface area contributed by atoms with Crippen LogP contribution < -0.4 is 5.56 Å². The summed E-state index contributed by atoms with van der Waals surface area (Å²) in [6.45, 7) is 9.04. The average Bonchev–Trinajstić information content (AvgIpc) is 3.38. The molecule has 2 aliphatic rings. The number of aromatic nitrogens is 3. The first-order valence-electron chi connectivity index (χ1n) is 10.7. The predicted molar refractivity (Wildman–Crippen MR) is 114 cm³/mol. The molecule has 2 aromatic rings. The van der Waals surface area contributed by atoms with Crippen molar-refractivity contribution >= 4 is 11.3 Å². The number of thiazole rings is 1. The van der Waals surface area contributed by atoms with Gasteiger partial charge in [-0.3, -0.25) is 9.69 Å². The highest BCUT2D eigenvalue weighted by atomic mass is 32.1. The van der Waals surface area contributed by atoms with Crippen LogP contribution in [0.15, 0.2) is 22.3 Å². The minimum atomic E-state index is -0.0535. The Morgan fingerprint density at radius 3 is 2.68 bits per heavy atom. The molecule has 1 aliphatic carbocycles. The van der Waals surface area contributed by atoms with Gasteiger partial charge in [-0.25, -0.2) is 9.67 Å². The van der Waals surface area contributed by atoms with E-state index >= 15 is 0 Å². The van der Waals surface area contributed by atoms with Gasteiger partial charge in [0.15, 0.2) is 0 Å². The molecule has 0 bridgehead atoms. The molecule has 0 aromatic carbocycles. The standard InChI is InChI=1S/C22H32N4OS/c1-22(2,3)19-10-11-20(27)26(24-19)14-18-9-6-12-25(18)13-17-15-28-21(23-17)16-7-4-5-8-16/h10-11,15-16,18H,4-9,12-14H2,1-3H3. The molecule has 2 aromatic heterocycles. The molecule has 4 rings (SSSR count). The fraction of sp³-hybridized carbons (Fsp3) is 0.682. The molecule has 1 unspecified atom stereocenters. The van der Waals surface area contributed by atoms with Crippen molar-refractivity contribution in [1.82, 2.24) is 19.7 Å². The summed E-state index contributed by atoms with van der Waals surface area (Å²) >= 11 is 1.84. The molecule has 6 heteroatoms. The molecule has 1 aliphatic heterocycles. The lowest BCUT2D eigenvalue weighted by Gasteiger charge is -2.25. The molecule has 1 saturated heterocycles. The second-order valence-corrected chi connectivity index (χ2v) is 10.3. The molecule has 0 spiro atoms. The molecular weight excluding hydrogens is 368 g/mol. The van der Waals surface area contributed by atoms with Crippen LogP contribution in [0.1, 0.15) is 81.6 Å². The smallest absolute Gasteiger partial charge is 0.266 e. The van der Waals surface area contributed by atoms with Crippen molar-refractivity contribution in [3.8, 4) is 0 Å². The molecule has 5 nitrogen and oxygen atoms in total. The Balaban J connectivity index is 1.45. The highest BCUT2D eigenvalue weighted by molar-refractivity contribution is 7.09. The van der Waals surface area contributed by atoms with Gasteiger partial charge in [0.25, 0.3) is 5.56 Å². The van der Waals surface area contributed by atoms with Crippen LogP contribution in [0.5, 0.6) is 0 Å². The molecule has 0 radical (unpaired) electrons. The van der Waals surface area contributed by atoms with Gasteiger partial charge in [0, 0.05) is 35.4 Å². The zero-order valence-electron chi connectivity index (χ0n) is 17.4. The van der Waals surface area contributed by atoms with Crippen LogP contribution in [0.2, 0.25) is 0 Å². The van der Waals surface area contributed by atoms with Gasteiger partial charge in [-0.05, 0) is 38.3 Å². The van der Waals surface area contributed by atoms with E-state index in [2.05, 4.69) is 36.1 Å². The number of rotatable bonds is 5. The van der Waals surface area contributed by atoms with E-state index in [1.807, 2.05) is 17.4 Å². The van der Waals surface area contributed by atoms with Crippen molar-refractivity contribution in [3.05, 3.63) is 44.3 Å². The maximum absolute atomic E-state index is 12.4. The Morgan fingerprint density at radius 2 is 1.93 bits per heavy atom. The Morgan fingerprint density at radius 1 is 1.14 bits per heavy atom. The van der Waals surface area contributed by atoms with Crippen LogP contribution in [0, 0.1) is 0 Å². The van der Waals surface area contributed by atoms with Gasteiger partial charge >= 0.3 is 0 Å². The molecule has 1 saturated carbocycles. The Hall–Kier alpha value is -1.53. The first-order valence-corrected chi connectivity index (χ1v) is 11.5. The quantitative estimate of drug-likeness (QED) is 0.750. The number of likely N-dealkylation sites (tertiary alicyclic amines) is 1. The third kappa shape index (κ3) is 4.38. The lowest BCUT2D eigenvalue weighted by Crippen LogP contribution is -2.37. The van der Waals surface area contributed by atoms with Crippen LogP contribution in [-0.4, -0.2) is 32.3 Å². The molecule has 2 fully saturated rings. The van der Waals surface area contributed by atoms with E-state index in [4.69, 9.17) is 4.98 Å². The monoisotopic (exact) mass is 400 g/mol. The Labute approximate surface area is 171 Å². The Kier molecular flexibility index (Phi) is 5.70. The highest BCUT2D eigenvalue weighted by Gasteiger charge is 2.27. The molecule has 152 valence electrons. The minimum absolute atomic E-state index is 0.00275. The molecule has 3 heterocycles. The first-order chi connectivity index (χ1) is 13.4. The molecule has 0 amide bonds. The van der Waals surface area contributed by atoms with Gasteiger partial charge < -0.3 is 0 Å². The van der Waals surface area contributed by atoms with E-state index in [1.165, 1.54) is 42.8 Å². The molecule has 1 atom stereocenters. The fourth-order valence-electron chi connectivity index (χ4n) is 4.45. The van der Waals surface area contributed by atoms with Gasteiger partial charge in [-0.2, -0.15) is 5.10 Å². The lowest BCUT2D eigenvalue weighted by atomic mass is 9.92. The van der Waals surface area contributed by atoms with E-state index in [0.717, 1.165) is 25.2 Å². The Bertz CT molecular complexity index is 860. The van der Waals surface area contributed by atoms with Crippen molar-refractivity contribution in [2.24, 2.45) is 0 Å². The van der Waals surface area contributed by atoms with Crippen LogP contribution >= 0.6 is 11.3 Å². The largest absolute Gasteiger partial charge is 0.293 e. The number of hydrogen-bond donors (Lipinski definition) is 0. The van der Waals surface area contributed by atoms with E-state index in [1.54, 1.807) is 10.7 Å². The van der Waals surface area contributed by atoms with Gasteiger partial charge in [-0.15, -0.1) is 11.3 Å². The summed E-state index contributed by atoms with van der Waals surface area (Å²) < 4.78 is 1.68. The fourth-order valence-corrected chi connectivity index (χ4v) is 5.44. The maximum Gasteiger partial charge on any atom is 0.266 e. The van der Waals surface area contributed by atoms with E-state index < -0.39 is 0 Å². The summed E-state index contributed by atoms with van der Waals surface area (Å²) in [6, 6.07) is 3.89. The zero-order chi connectivity index (χ0) is 19.7.